The van der Waals surface area contributed by atoms with E-state index in [-0.39, 0.29) is 0 Å². The van der Waals surface area contributed by atoms with E-state index in [2.05, 4.69) is 0 Å². The zero-order chi connectivity index (χ0) is 5.84. The summed E-state index contributed by atoms with van der Waals surface area (Å²) in [5.41, 5.74) is 0. The van der Waals surface area contributed by atoms with Gasteiger partial charge in [-0.1, -0.05) is 6.42 Å². The second-order valence-electron chi connectivity index (χ2n) is 4.16. The molecule has 0 heterocycles. The Kier molecular flexibility index (Phi) is 0.717. The van der Waals surface area contributed by atoms with Crippen molar-refractivity contribution in [3.05, 3.63) is 0 Å². The van der Waals surface area contributed by atoms with Crippen molar-refractivity contribution in [1.29, 1.82) is 0 Å². The quantitative estimate of drug-likeness (QED) is 0.463. The highest BCUT2D eigenvalue weighted by molar-refractivity contribution is 5.05. The van der Waals surface area contributed by atoms with E-state index in [9.17, 15) is 0 Å². The summed E-state index contributed by atoms with van der Waals surface area (Å²) in [6.45, 7) is 0. The summed E-state index contributed by atoms with van der Waals surface area (Å²) in [5, 5.41) is 0. The zero-order valence-electron chi connectivity index (χ0n) is 5.84. The fraction of sp³-hybridized carbons (Fsp3) is 1.00. The maximum absolute atomic E-state index is 1.59. The Bertz CT molecular complexity index is 123. The molecule has 0 aromatic rings. The van der Waals surface area contributed by atoms with Crippen LogP contribution in [0.2, 0.25) is 0 Å². The molecule has 0 N–H and O–H groups in total. The van der Waals surface area contributed by atoms with E-state index in [1.165, 1.54) is 23.7 Å². The van der Waals surface area contributed by atoms with Crippen LogP contribution in [0.5, 0.6) is 0 Å². The lowest BCUT2D eigenvalue weighted by Gasteiger charge is -2.57. The molecule has 3 aliphatic rings. The molecule has 0 radical (unpaired) electrons. The minimum absolute atomic E-state index is 1.23. The van der Waals surface area contributed by atoms with Gasteiger partial charge in [0.25, 0.3) is 0 Å². The Morgan fingerprint density at radius 1 is 0.556 bits per heavy atom. The van der Waals surface area contributed by atoms with Gasteiger partial charge in [0.05, 0.1) is 0 Å². The molecule has 0 nitrogen and oxygen atoms in total. The molecule has 3 saturated carbocycles. The van der Waals surface area contributed by atoms with Gasteiger partial charge in [0.1, 0.15) is 0 Å². The van der Waals surface area contributed by atoms with Crippen molar-refractivity contribution in [2.45, 2.75) is 32.1 Å². The van der Waals surface area contributed by atoms with E-state index in [1.807, 2.05) is 0 Å². The van der Waals surface area contributed by atoms with E-state index in [1.54, 1.807) is 32.1 Å². The lowest BCUT2D eigenvalue weighted by atomic mass is 9.48. The van der Waals surface area contributed by atoms with E-state index in [0.717, 1.165) is 0 Å². The molecule has 3 aliphatic carbocycles. The van der Waals surface area contributed by atoms with Crippen molar-refractivity contribution in [3.63, 3.8) is 0 Å². The van der Waals surface area contributed by atoms with Crippen molar-refractivity contribution in [2.75, 3.05) is 0 Å². The minimum Gasteiger partial charge on any atom is -0.0527 e. The van der Waals surface area contributed by atoms with Crippen LogP contribution in [0.3, 0.4) is 0 Å². The molecule has 0 spiro atoms. The van der Waals surface area contributed by atoms with Crippen molar-refractivity contribution in [1.82, 2.24) is 0 Å². The largest absolute Gasteiger partial charge is 0.0527 e. The molecular weight excluding hydrogens is 108 g/mol. The fourth-order valence-electron chi connectivity index (χ4n) is 3.55. The van der Waals surface area contributed by atoms with Gasteiger partial charge in [-0.15, -0.1) is 0 Å². The van der Waals surface area contributed by atoms with Crippen molar-refractivity contribution < 1.29 is 0 Å². The van der Waals surface area contributed by atoms with Crippen molar-refractivity contribution in [3.8, 4) is 0 Å². The molecule has 2 unspecified atom stereocenters. The maximum Gasteiger partial charge on any atom is -0.0352 e. The fourth-order valence-corrected chi connectivity index (χ4v) is 3.55. The molecule has 0 saturated heterocycles. The summed E-state index contributed by atoms with van der Waals surface area (Å²) in [7, 11) is 0. The zero-order valence-corrected chi connectivity index (χ0v) is 5.84. The summed E-state index contributed by atoms with van der Waals surface area (Å²) in [6.07, 6.45) is 7.91. The van der Waals surface area contributed by atoms with Gasteiger partial charge in [-0.2, -0.15) is 0 Å². The van der Waals surface area contributed by atoms with E-state index < -0.39 is 0 Å². The second kappa shape index (κ2) is 1.36. The van der Waals surface area contributed by atoms with Crippen LogP contribution in [0.15, 0.2) is 0 Å². The molecule has 0 aromatic carbocycles. The molecular formula is C9H14. The molecule has 9 heavy (non-hydrogen) atoms. The first kappa shape index (κ1) is 4.76. The Morgan fingerprint density at radius 2 is 1.00 bits per heavy atom. The van der Waals surface area contributed by atoms with Gasteiger partial charge >= 0.3 is 0 Å². The second-order valence-corrected chi connectivity index (χ2v) is 4.16. The van der Waals surface area contributed by atoms with Crippen LogP contribution in [0.1, 0.15) is 32.1 Å². The Labute approximate surface area is 56.6 Å². The van der Waals surface area contributed by atoms with Gasteiger partial charge < -0.3 is 0 Å². The van der Waals surface area contributed by atoms with Crippen molar-refractivity contribution >= 4 is 0 Å². The van der Waals surface area contributed by atoms with E-state index >= 15 is 0 Å². The number of hydrogen-bond acceptors (Lipinski definition) is 0. The Balaban J connectivity index is 1.85. The first-order valence-corrected chi connectivity index (χ1v) is 4.47. The van der Waals surface area contributed by atoms with Crippen LogP contribution in [-0.2, 0) is 0 Å². The highest BCUT2D eigenvalue weighted by atomic mass is 14.6. The Morgan fingerprint density at radius 3 is 1.44 bits per heavy atom. The predicted octanol–water partition coefficient (Wildman–Crippen LogP) is 2.44. The summed E-state index contributed by atoms with van der Waals surface area (Å²) < 4.78 is 0. The molecule has 0 aromatic heterocycles. The third-order valence-corrected chi connectivity index (χ3v) is 4.11. The minimum atomic E-state index is 1.23. The van der Waals surface area contributed by atoms with Crippen LogP contribution in [0.4, 0.5) is 0 Å². The van der Waals surface area contributed by atoms with Gasteiger partial charge in [0.2, 0.25) is 0 Å². The molecule has 3 fully saturated rings. The predicted molar refractivity (Wildman–Crippen MR) is 37.0 cm³/mol. The molecule has 0 aliphatic heterocycles. The van der Waals surface area contributed by atoms with Gasteiger partial charge in [0.15, 0.2) is 0 Å². The molecule has 0 heteroatoms. The Hall–Kier alpha value is 0. The molecule has 0 amide bonds. The lowest BCUT2D eigenvalue weighted by molar-refractivity contribution is -0.0815. The summed E-state index contributed by atoms with van der Waals surface area (Å²) in [6, 6.07) is 0. The summed E-state index contributed by atoms with van der Waals surface area (Å²) in [4.78, 5) is 0. The first-order chi connectivity index (χ1) is 4.47. The van der Waals surface area contributed by atoms with Crippen LogP contribution in [-0.4, -0.2) is 0 Å². The molecule has 4 atom stereocenters. The highest BCUT2D eigenvalue weighted by Crippen LogP contribution is 2.64. The normalized spacial score (nSPS) is 61.3. The van der Waals surface area contributed by atoms with Gasteiger partial charge in [-0.3, -0.25) is 0 Å². The smallest absolute Gasteiger partial charge is 0.0352 e. The van der Waals surface area contributed by atoms with Gasteiger partial charge in [0, 0.05) is 0 Å². The van der Waals surface area contributed by atoms with Crippen LogP contribution < -0.4 is 0 Å². The topological polar surface area (TPSA) is 0 Å². The highest BCUT2D eigenvalue weighted by Gasteiger charge is 2.56. The van der Waals surface area contributed by atoms with E-state index in [0.29, 0.717) is 0 Å². The maximum atomic E-state index is 1.59. The SMILES string of the molecule is C1C[C@@H]2C3CCC3[C@@H]2C1. The average Bonchev–Trinajstić information content (AvgIpc) is 2.13. The van der Waals surface area contributed by atoms with Gasteiger partial charge in [-0.05, 0) is 49.4 Å². The van der Waals surface area contributed by atoms with Crippen LogP contribution in [0, 0.1) is 23.7 Å². The standard InChI is InChI=1S/C9H14/c1-2-6-7(3-1)9-5-4-8(6)9/h6-9H,1-5H2/t6-,7+,8?,9?. The number of hydrogen-bond donors (Lipinski definition) is 0. The van der Waals surface area contributed by atoms with Crippen LogP contribution >= 0.6 is 0 Å². The average molecular weight is 122 g/mol. The number of fused-ring (bicyclic) bond motifs is 4. The van der Waals surface area contributed by atoms with Crippen molar-refractivity contribution in [2.24, 2.45) is 23.7 Å². The first-order valence-electron chi connectivity index (χ1n) is 4.47. The molecule has 0 bridgehead atoms. The lowest BCUT2D eigenvalue weighted by Crippen LogP contribution is -2.50. The third-order valence-electron chi connectivity index (χ3n) is 4.11. The van der Waals surface area contributed by atoms with Gasteiger partial charge in [-0.25, -0.2) is 0 Å². The summed E-state index contributed by atoms with van der Waals surface area (Å²) in [5.74, 6) is 4.92. The van der Waals surface area contributed by atoms with Crippen LogP contribution in [0.25, 0.3) is 0 Å². The number of rotatable bonds is 0. The third kappa shape index (κ3) is 0.395. The summed E-state index contributed by atoms with van der Waals surface area (Å²) >= 11 is 0. The van der Waals surface area contributed by atoms with E-state index in [4.69, 9.17) is 0 Å². The monoisotopic (exact) mass is 122 g/mol. The molecule has 50 valence electrons. The molecule has 3 rings (SSSR count).